The minimum absolute atomic E-state index is 0.440. The number of hydrogen-bond acceptors (Lipinski definition) is 4. The maximum absolute atomic E-state index is 4.78. The average Bonchev–Trinajstić information content (AvgIpc) is 2.66. The number of thiocarbonyl (C=S) groups is 2. The molecule has 4 nitrogen and oxygen atoms in total. The van der Waals surface area contributed by atoms with Gasteiger partial charge in [0.1, 0.15) is 8.64 Å². The van der Waals surface area contributed by atoms with Gasteiger partial charge in [0.25, 0.3) is 0 Å². The summed E-state index contributed by atoms with van der Waals surface area (Å²) in [4.78, 5) is 4.75. The summed E-state index contributed by atoms with van der Waals surface area (Å²) < 4.78 is 0.880. The van der Waals surface area contributed by atoms with Crippen LogP contribution in [0, 0.1) is 0 Å². The Hall–Kier alpha value is -0.380. The zero-order valence-electron chi connectivity index (χ0n) is 18.2. The highest BCUT2D eigenvalue weighted by Crippen LogP contribution is 2.14. The molecule has 0 spiro atoms. The Morgan fingerprint density at radius 1 is 0.643 bits per heavy atom. The van der Waals surface area contributed by atoms with Gasteiger partial charge in [0, 0.05) is 11.4 Å². The lowest BCUT2D eigenvalue weighted by molar-refractivity contribution is 0.321. The first-order valence-electron chi connectivity index (χ1n) is 9.82. The van der Waals surface area contributed by atoms with E-state index >= 15 is 0 Å². The van der Waals surface area contributed by atoms with Crippen LogP contribution in [0.1, 0.15) is 41.5 Å². The molecule has 0 saturated heterocycles. The van der Waals surface area contributed by atoms with Crippen LogP contribution in [0.25, 0.3) is 0 Å². The molecule has 1 aromatic rings. The fraction of sp³-hybridized carbons (Fsp3) is 0.600. The predicted molar refractivity (Wildman–Crippen MR) is 144 cm³/mol. The number of rotatable bonds is 8. The lowest BCUT2D eigenvalue weighted by Gasteiger charge is -2.13. The van der Waals surface area contributed by atoms with Crippen LogP contribution in [0.15, 0.2) is 24.3 Å². The molecule has 8 heteroatoms. The molecular formula is C20H38N4S4. The van der Waals surface area contributed by atoms with Gasteiger partial charge in [-0.2, -0.15) is 0 Å². The largest absolute Gasteiger partial charge is 0.341 e. The van der Waals surface area contributed by atoms with Crippen molar-refractivity contribution in [2.24, 2.45) is 0 Å². The Kier molecular flexibility index (Phi) is 21.2. The second-order valence-electron chi connectivity index (χ2n) is 5.68. The molecule has 162 valence electrons. The number of anilines is 2. The van der Waals surface area contributed by atoms with E-state index in [-0.39, 0.29) is 0 Å². The van der Waals surface area contributed by atoms with Gasteiger partial charge < -0.3 is 20.4 Å². The molecule has 0 aliphatic rings. The molecule has 0 unspecified atom stereocenters. The maximum Gasteiger partial charge on any atom is 0.135 e. The fourth-order valence-electron chi connectivity index (χ4n) is 2.23. The molecule has 0 aromatic heterocycles. The van der Waals surface area contributed by atoms with Crippen LogP contribution >= 0.6 is 49.7 Å². The molecule has 0 radical (unpaired) electrons. The first kappa shape index (κ1) is 29.8. The summed E-state index contributed by atoms with van der Waals surface area (Å²) in [5, 5.41) is 5.80. The number of benzene rings is 1. The Balaban J connectivity index is 0. The minimum Gasteiger partial charge on any atom is -0.341 e. The number of hydrogen-bond donors (Lipinski definition) is 4. The van der Waals surface area contributed by atoms with Gasteiger partial charge in [0.15, 0.2) is 0 Å². The van der Waals surface area contributed by atoms with E-state index in [0.717, 1.165) is 11.4 Å². The van der Waals surface area contributed by atoms with Crippen LogP contribution in [0.2, 0.25) is 0 Å². The Bertz CT molecular complexity index is 457. The van der Waals surface area contributed by atoms with Gasteiger partial charge in [-0.3, -0.25) is 0 Å². The summed E-state index contributed by atoms with van der Waals surface area (Å²) in [5.74, 6) is 0. The smallest absolute Gasteiger partial charge is 0.135 e. The maximum atomic E-state index is 4.78. The van der Waals surface area contributed by atoms with Crippen molar-refractivity contribution in [2.45, 2.75) is 41.5 Å². The van der Waals surface area contributed by atoms with Crippen molar-refractivity contribution in [3.63, 3.8) is 0 Å². The lowest BCUT2D eigenvalue weighted by atomic mass is 10.3. The summed E-state index contributed by atoms with van der Waals surface area (Å²) in [5.41, 5.74) is 1.78. The van der Waals surface area contributed by atoms with Crippen LogP contribution in [0.5, 0.6) is 0 Å². The Morgan fingerprint density at radius 3 is 0.964 bits per heavy atom. The number of thiol groups is 2. The van der Waals surface area contributed by atoms with Gasteiger partial charge in [-0.05, 0) is 63.5 Å². The zero-order chi connectivity index (χ0) is 21.9. The van der Waals surface area contributed by atoms with E-state index in [0.29, 0.717) is 8.64 Å². The van der Waals surface area contributed by atoms with Gasteiger partial charge in [-0.25, -0.2) is 0 Å². The van der Waals surface area contributed by atoms with E-state index in [9.17, 15) is 0 Å². The van der Waals surface area contributed by atoms with E-state index in [1.54, 1.807) is 0 Å². The van der Waals surface area contributed by atoms with Crippen molar-refractivity contribution in [1.29, 1.82) is 0 Å². The quantitative estimate of drug-likeness (QED) is 0.296. The van der Waals surface area contributed by atoms with Crippen LogP contribution in [0.3, 0.4) is 0 Å². The van der Waals surface area contributed by atoms with E-state index < -0.39 is 0 Å². The molecule has 0 aliphatic carbocycles. The number of nitrogens with zero attached hydrogens (tertiary/aromatic N) is 2. The predicted octanol–water partition coefficient (Wildman–Crippen LogP) is 5.64. The summed E-state index contributed by atoms with van der Waals surface area (Å²) in [6.07, 6.45) is 0. The molecule has 0 atom stereocenters. The van der Waals surface area contributed by atoms with Crippen molar-refractivity contribution in [1.82, 2.24) is 9.80 Å². The van der Waals surface area contributed by atoms with Crippen LogP contribution in [0.4, 0.5) is 11.4 Å². The van der Waals surface area contributed by atoms with Crippen molar-refractivity contribution in [2.75, 3.05) is 49.9 Å². The van der Waals surface area contributed by atoms with Gasteiger partial charge >= 0.3 is 0 Å². The minimum atomic E-state index is 0.440. The summed E-state index contributed by atoms with van der Waals surface area (Å²) in [6.45, 7) is 20.2. The van der Waals surface area contributed by atoms with Gasteiger partial charge in [-0.15, -0.1) is 25.3 Å². The summed E-state index contributed by atoms with van der Waals surface area (Å²) in [6, 6.07) is 7.49. The van der Waals surface area contributed by atoms with Crippen molar-refractivity contribution in [3.05, 3.63) is 24.3 Å². The van der Waals surface area contributed by atoms with Crippen molar-refractivity contribution >= 4 is 69.7 Å². The third kappa shape index (κ3) is 17.7. The van der Waals surface area contributed by atoms with Crippen LogP contribution < -0.4 is 10.6 Å². The topological polar surface area (TPSA) is 30.5 Å². The SMILES string of the molecule is CCN(CC)CC.CCN(CC)CC.S=C(S)Nc1ccc(NC(=S)S)cc1. The first-order chi connectivity index (χ1) is 13.3. The van der Waals surface area contributed by atoms with E-state index in [2.05, 4.69) is 87.2 Å². The van der Waals surface area contributed by atoms with Gasteiger partial charge in [0.05, 0.1) is 0 Å². The monoisotopic (exact) mass is 462 g/mol. The molecule has 28 heavy (non-hydrogen) atoms. The average molecular weight is 463 g/mol. The van der Waals surface area contributed by atoms with Crippen molar-refractivity contribution in [3.8, 4) is 0 Å². The molecule has 0 bridgehead atoms. The standard InChI is InChI=1S/C8H8N2S4.2C6H15N/c11-7(12)9-5-1-2-6(4-3-5)10-8(13)14;2*1-4-7(5-2)6-3/h1-4H,(H2,9,11,12)(H2,10,13,14);2*4-6H2,1-3H3. The molecule has 0 amide bonds. The van der Waals surface area contributed by atoms with Crippen LogP contribution in [-0.4, -0.2) is 57.7 Å². The lowest BCUT2D eigenvalue weighted by Crippen LogP contribution is -2.21. The second-order valence-corrected chi connectivity index (χ2v) is 7.99. The molecule has 1 rings (SSSR count). The van der Waals surface area contributed by atoms with Crippen molar-refractivity contribution < 1.29 is 0 Å². The molecule has 1 aromatic carbocycles. The summed E-state index contributed by atoms with van der Waals surface area (Å²) >= 11 is 17.5. The zero-order valence-corrected chi connectivity index (χ0v) is 21.6. The molecule has 0 aliphatic heterocycles. The Morgan fingerprint density at radius 2 is 0.857 bits per heavy atom. The molecule has 2 N–H and O–H groups in total. The third-order valence-corrected chi connectivity index (χ3v) is 4.50. The third-order valence-electron chi connectivity index (χ3n) is 4.07. The van der Waals surface area contributed by atoms with Gasteiger partial charge in [0.2, 0.25) is 0 Å². The van der Waals surface area contributed by atoms with E-state index in [4.69, 9.17) is 24.4 Å². The highest BCUT2D eigenvalue weighted by molar-refractivity contribution is 8.11. The van der Waals surface area contributed by atoms with Gasteiger partial charge in [-0.1, -0.05) is 66.0 Å². The summed E-state index contributed by atoms with van der Waals surface area (Å²) in [7, 11) is 0. The highest BCUT2D eigenvalue weighted by atomic mass is 32.1. The fourth-order valence-corrected chi connectivity index (χ4v) is 2.72. The Labute approximate surface area is 194 Å². The molecule has 0 fully saturated rings. The second kappa shape index (κ2) is 19.9. The molecule has 0 heterocycles. The van der Waals surface area contributed by atoms with Crippen LogP contribution in [-0.2, 0) is 0 Å². The number of nitrogens with one attached hydrogen (secondary N) is 2. The highest BCUT2D eigenvalue weighted by Gasteiger charge is 1.95. The molecule has 0 saturated carbocycles. The molecular weight excluding hydrogens is 425 g/mol. The normalized spacial score (nSPS) is 9.79. The van der Waals surface area contributed by atoms with E-state index in [1.165, 1.54) is 39.3 Å². The first-order valence-corrected chi connectivity index (χ1v) is 11.5. The van der Waals surface area contributed by atoms with E-state index in [1.807, 2.05) is 24.3 Å².